The zero-order valence-corrected chi connectivity index (χ0v) is 23.0. The fourth-order valence-corrected chi connectivity index (χ4v) is 6.81. The molecule has 2 aliphatic rings. The monoisotopic (exact) mass is 553 g/mol. The lowest BCUT2D eigenvalue weighted by Crippen LogP contribution is -2.52. The molecule has 3 atom stereocenters. The van der Waals surface area contributed by atoms with Crippen LogP contribution in [0.3, 0.4) is 0 Å². The maximum atomic E-state index is 13.9. The van der Waals surface area contributed by atoms with E-state index in [0.717, 1.165) is 43.2 Å². The summed E-state index contributed by atoms with van der Waals surface area (Å²) in [4.78, 5) is 12.2. The van der Waals surface area contributed by atoms with E-state index in [1.165, 1.54) is 0 Å². The highest BCUT2D eigenvalue weighted by molar-refractivity contribution is 7.91. The Hall–Kier alpha value is -2.98. The van der Waals surface area contributed by atoms with E-state index < -0.39 is 33.3 Å². The van der Waals surface area contributed by atoms with Crippen molar-refractivity contribution in [3.63, 3.8) is 0 Å². The minimum Gasteiger partial charge on any atom is -0.493 e. The first-order chi connectivity index (χ1) is 18.8. The molecule has 9 heteroatoms. The third kappa shape index (κ3) is 7.16. The molecule has 4 rings (SSSR count). The molecule has 0 spiro atoms. The first-order valence-corrected chi connectivity index (χ1v) is 15.2. The molecular weight excluding hydrogens is 514 g/mol. The average molecular weight is 554 g/mol. The van der Waals surface area contributed by atoms with E-state index in [-0.39, 0.29) is 31.5 Å². The fraction of sp³-hybridized carbons (Fsp3) is 0.433. The number of aliphatic hydroxyl groups excluding tert-OH is 1. The molecule has 0 bridgehead atoms. The van der Waals surface area contributed by atoms with Crippen LogP contribution in [0.2, 0.25) is 0 Å². The Bertz CT molecular complexity index is 1240. The van der Waals surface area contributed by atoms with E-state index >= 15 is 0 Å². The predicted molar refractivity (Wildman–Crippen MR) is 152 cm³/mol. The van der Waals surface area contributed by atoms with Crippen LogP contribution in [0.4, 0.5) is 0 Å². The number of allylic oxidation sites excluding steroid dienone is 2. The van der Waals surface area contributed by atoms with Crippen molar-refractivity contribution in [3.8, 4) is 0 Å². The number of benzene rings is 2. The quantitative estimate of drug-likeness (QED) is 0.234. The van der Waals surface area contributed by atoms with Gasteiger partial charge >= 0.3 is 0 Å². The Labute approximate surface area is 231 Å². The van der Waals surface area contributed by atoms with Crippen LogP contribution in [-0.2, 0) is 19.6 Å². The molecule has 2 aliphatic carbocycles. The molecule has 0 aliphatic heterocycles. The van der Waals surface area contributed by atoms with E-state index in [1.807, 2.05) is 72.8 Å². The summed E-state index contributed by atoms with van der Waals surface area (Å²) in [6.07, 6.45) is 9.53. The van der Waals surface area contributed by atoms with Crippen molar-refractivity contribution in [1.82, 2.24) is 10.0 Å². The summed E-state index contributed by atoms with van der Waals surface area (Å²) in [5.41, 5.74) is 7.25. The molecule has 1 saturated carbocycles. The van der Waals surface area contributed by atoms with Gasteiger partial charge < -0.3 is 20.9 Å². The van der Waals surface area contributed by atoms with Gasteiger partial charge in [0.2, 0.25) is 5.91 Å². The summed E-state index contributed by atoms with van der Waals surface area (Å²) >= 11 is 0. The molecule has 0 saturated heterocycles. The Balaban J connectivity index is 1.63. The SMILES string of the molecule is NCC(=O)NS(=O)(=O)C1(CCNC[C@H](O)c2ccccc2)C=CC(c2ccccc2)C=C1OC1CCCCC1. The first-order valence-electron chi connectivity index (χ1n) is 13.7. The van der Waals surface area contributed by atoms with Crippen molar-refractivity contribution >= 4 is 15.9 Å². The smallest absolute Gasteiger partial charge is 0.251 e. The van der Waals surface area contributed by atoms with Crippen LogP contribution < -0.4 is 15.8 Å². The first kappa shape index (κ1) is 29.0. The summed E-state index contributed by atoms with van der Waals surface area (Å²) in [6, 6.07) is 19.1. The number of carbonyl (C=O) groups is 1. The van der Waals surface area contributed by atoms with Crippen molar-refractivity contribution in [2.24, 2.45) is 5.73 Å². The van der Waals surface area contributed by atoms with Gasteiger partial charge in [0.1, 0.15) is 5.76 Å². The highest BCUT2D eigenvalue weighted by Gasteiger charge is 2.49. The lowest BCUT2D eigenvalue weighted by Gasteiger charge is -2.38. The molecule has 8 nitrogen and oxygen atoms in total. The molecule has 0 radical (unpaired) electrons. The Morgan fingerprint density at radius 3 is 2.38 bits per heavy atom. The van der Waals surface area contributed by atoms with Gasteiger partial charge in [-0.3, -0.25) is 9.52 Å². The van der Waals surface area contributed by atoms with Gasteiger partial charge in [-0.1, -0.05) is 79.2 Å². The molecule has 2 unspecified atom stereocenters. The van der Waals surface area contributed by atoms with E-state index in [4.69, 9.17) is 10.5 Å². The van der Waals surface area contributed by atoms with Crippen molar-refractivity contribution < 1.29 is 23.1 Å². The summed E-state index contributed by atoms with van der Waals surface area (Å²) in [7, 11) is -4.28. The number of nitrogens with two attached hydrogens (primary N) is 1. The number of sulfonamides is 1. The largest absolute Gasteiger partial charge is 0.493 e. The average Bonchev–Trinajstić information content (AvgIpc) is 2.97. The zero-order valence-electron chi connectivity index (χ0n) is 22.2. The van der Waals surface area contributed by atoms with E-state index in [1.54, 1.807) is 6.08 Å². The lowest BCUT2D eigenvalue weighted by molar-refractivity contribution is -0.118. The van der Waals surface area contributed by atoms with Gasteiger partial charge in [-0.25, -0.2) is 8.42 Å². The number of ether oxygens (including phenoxy) is 1. The Morgan fingerprint density at radius 1 is 1.05 bits per heavy atom. The number of carbonyl (C=O) groups excluding carboxylic acids is 1. The van der Waals surface area contributed by atoms with Crippen LogP contribution in [0.15, 0.2) is 84.7 Å². The highest BCUT2D eigenvalue weighted by Crippen LogP contribution is 2.41. The van der Waals surface area contributed by atoms with Gasteiger partial charge in [0.15, 0.2) is 4.75 Å². The molecule has 210 valence electrons. The molecular formula is C30H39N3O5S. The van der Waals surface area contributed by atoms with Crippen LogP contribution in [0.25, 0.3) is 0 Å². The molecule has 2 aromatic rings. The third-order valence-electron chi connectivity index (χ3n) is 7.46. The standard InChI is InChI=1S/C30H39N3O5S/c31-21-29(35)33-39(36,37)30(18-19-32-22-27(34)24-12-6-2-7-13-24)17-16-25(23-10-4-1-5-11-23)20-28(30)38-26-14-8-3-9-15-26/h1-2,4-7,10-13,16-17,20,25-27,32,34H,3,8-9,14-15,18-19,21-22,31H2,(H,33,35)/t25?,27-,30?/m0/s1. The van der Waals surface area contributed by atoms with Crippen LogP contribution in [0.5, 0.6) is 0 Å². The van der Waals surface area contributed by atoms with Crippen molar-refractivity contribution in [2.75, 3.05) is 19.6 Å². The molecule has 2 aromatic carbocycles. The van der Waals surface area contributed by atoms with Crippen LogP contribution in [-0.4, -0.2) is 49.9 Å². The summed E-state index contributed by atoms with van der Waals surface area (Å²) < 4.78 is 34.8. The lowest BCUT2D eigenvalue weighted by atomic mass is 9.86. The van der Waals surface area contributed by atoms with Gasteiger partial charge in [-0.15, -0.1) is 0 Å². The van der Waals surface area contributed by atoms with Gasteiger partial charge in [-0.2, -0.15) is 0 Å². The third-order valence-corrected chi connectivity index (χ3v) is 9.46. The minimum absolute atomic E-state index is 0.0955. The molecule has 39 heavy (non-hydrogen) atoms. The molecule has 0 heterocycles. The molecule has 1 fully saturated rings. The number of hydrogen-bond donors (Lipinski definition) is 4. The highest BCUT2D eigenvalue weighted by atomic mass is 32.2. The Kier molecular flexibility index (Phi) is 9.96. The fourth-order valence-electron chi connectivity index (χ4n) is 5.24. The second-order valence-electron chi connectivity index (χ2n) is 10.2. The maximum absolute atomic E-state index is 13.9. The van der Waals surface area contributed by atoms with E-state index in [9.17, 15) is 18.3 Å². The summed E-state index contributed by atoms with van der Waals surface area (Å²) in [5.74, 6) is -0.628. The second kappa shape index (κ2) is 13.4. The maximum Gasteiger partial charge on any atom is 0.251 e. The minimum atomic E-state index is -4.28. The van der Waals surface area contributed by atoms with Crippen LogP contribution in [0.1, 0.15) is 61.7 Å². The molecule has 5 N–H and O–H groups in total. The molecule has 1 amide bonds. The predicted octanol–water partition coefficient (Wildman–Crippen LogP) is 3.43. The molecule has 0 aromatic heterocycles. The van der Waals surface area contributed by atoms with Gasteiger partial charge in [0.25, 0.3) is 10.0 Å². The van der Waals surface area contributed by atoms with Crippen molar-refractivity contribution in [3.05, 3.63) is 95.8 Å². The summed E-state index contributed by atoms with van der Waals surface area (Å²) in [6.45, 7) is 0.0528. The Morgan fingerprint density at radius 2 is 1.72 bits per heavy atom. The second-order valence-corrected chi connectivity index (χ2v) is 12.1. The number of hydrogen-bond acceptors (Lipinski definition) is 7. The van der Waals surface area contributed by atoms with Gasteiger partial charge in [0, 0.05) is 12.5 Å². The number of rotatable bonds is 12. The van der Waals surface area contributed by atoms with E-state index in [0.29, 0.717) is 5.76 Å². The number of amides is 1. The van der Waals surface area contributed by atoms with Gasteiger partial charge in [-0.05, 0) is 55.9 Å². The van der Waals surface area contributed by atoms with Crippen LogP contribution in [0, 0.1) is 0 Å². The summed E-state index contributed by atoms with van der Waals surface area (Å²) in [5, 5.41) is 13.8. The van der Waals surface area contributed by atoms with Crippen LogP contribution >= 0.6 is 0 Å². The van der Waals surface area contributed by atoms with Gasteiger partial charge in [0.05, 0.1) is 18.8 Å². The normalized spacial score (nSPS) is 22.6. The number of aliphatic hydroxyl groups is 1. The van der Waals surface area contributed by atoms with Crippen molar-refractivity contribution in [1.29, 1.82) is 0 Å². The van der Waals surface area contributed by atoms with E-state index in [2.05, 4.69) is 10.0 Å². The topological polar surface area (TPSA) is 131 Å². The number of nitrogens with one attached hydrogen (secondary N) is 2. The zero-order chi connectivity index (χ0) is 27.7. The van der Waals surface area contributed by atoms with Crippen molar-refractivity contribution in [2.45, 2.75) is 61.4 Å².